The maximum Gasteiger partial charge on any atom is 0.227 e. The van der Waals surface area contributed by atoms with E-state index < -0.39 is 0 Å². The minimum absolute atomic E-state index is 0.0840. The fourth-order valence-electron chi connectivity index (χ4n) is 3.40. The Morgan fingerprint density at radius 2 is 2.05 bits per heavy atom. The van der Waals surface area contributed by atoms with Crippen molar-refractivity contribution in [3.05, 3.63) is 24.5 Å². The van der Waals surface area contributed by atoms with Crippen molar-refractivity contribution in [3.8, 4) is 0 Å². The van der Waals surface area contributed by atoms with Crippen LogP contribution in [0.4, 0.5) is 5.69 Å². The molecule has 0 atom stereocenters. The van der Waals surface area contributed by atoms with E-state index in [-0.39, 0.29) is 17.4 Å². The molecule has 0 unspecified atom stereocenters. The van der Waals surface area contributed by atoms with Gasteiger partial charge in [-0.2, -0.15) is 0 Å². The first-order valence-electron chi connectivity index (χ1n) is 7.97. The third-order valence-electron chi connectivity index (χ3n) is 4.87. The second kappa shape index (κ2) is 5.72. The van der Waals surface area contributed by atoms with Gasteiger partial charge in [-0.3, -0.25) is 4.79 Å². The first-order valence-corrected chi connectivity index (χ1v) is 7.97. The fraction of sp³-hybridized carbons (Fsp3) is 0.529. The molecule has 4 N–H and O–H groups in total. The van der Waals surface area contributed by atoms with Gasteiger partial charge < -0.3 is 16.0 Å². The maximum absolute atomic E-state index is 12.5. The smallest absolute Gasteiger partial charge is 0.227 e. The van der Waals surface area contributed by atoms with Crippen LogP contribution in [0, 0.1) is 11.8 Å². The van der Waals surface area contributed by atoms with Gasteiger partial charge in [0.15, 0.2) is 0 Å². The van der Waals surface area contributed by atoms with Crippen LogP contribution >= 0.6 is 0 Å². The van der Waals surface area contributed by atoms with Crippen LogP contribution in [0.15, 0.2) is 24.5 Å². The molecule has 0 aromatic carbocycles. The highest BCUT2D eigenvalue weighted by molar-refractivity contribution is 6.00. The van der Waals surface area contributed by atoms with Gasteiger partial charge in [0.1, 0.15) is 5.65 Å². The van der Waals surface area contributed by atoms with Crippen LogP contribution in [0.5, 0.6) is 0 Å². The summed E-state index contributed by atoms with van der Waals surface area (Å²) in [5.41, 5.74) is 7.67. The molecule has 1 amide bonds. The zero-order chi connectivity index (χ0) is 15.7. The SMILES string of the molecule is CC(C)(N)C1CCC(C(=O)Nc2ccnc3[nH]ccc23)CC1. The zero-order valence-electron chi connectivity index (χ0n) is 13.2. The Hall–Kier alpha value is -1.88. The normalized spacial score (nSPS) is 22.7. The van der Waals surface area contributed by atoms with Gasteiger partial charge >= 0.3 is 0 Å². The molecule has 5 nitrogen and oxygen atoms in total. The Kier molecular flexibility index (Phi) is 3.91. The van der Waals surface area contributed by atoms with E-state index in [1.807, 2.05) is 18.3 Å². The van der Waals surface area contributed by atoms with Gasteiger partial charge in [0.2, 0.25) is 5.91 Å². The molecule has 0 saturated heterocycles. The molecule has 2 aromatic heterocycles. The van der Waals surface area contributed by atoms with Crippen LogP contribution in [0.1, 0.15) is 39.5 Å². The van der Waals surface area contributed by atoms with Crippen molar-refractivity contribution < 1.29 is 4.79 Å². The molecule has 118 valence electrons. The molecule has 1 fully saturated rings. The van der Waals surface area contributed by atoms with Gasteiger partial charge in [0.25, 0.3) is 0 Å². The summed E-state index contributed by atoms with van der Waals surface area (Å²) < 4.78 is 0. The monoisotopic (exact) mass is 300 g/mol. The summed E-state index contributed by atoms with van der Waals surface area (Å²) >= 11 is 0. The molecule has 1 aliphatic carbocycles. The van der Waals surface area contributed by atoms with Crippen LogP contribution < -0.4 is 11.1 Å². The van der Waals surface area contributed by atoms with Crippen molar-refractivity contribution in [2.24, 2.45) is 17.6 Å². The molecule has 22 heavy (non-hydrogen) atoms. The summed E-state index contributed by atoms with van der Waals surface area (Å²) in [6, 6.07) is 3.79. The predicted molar refractivity (Wildman–Crippen MR) is 88.4 cm³/mol. The molecule has 2 heterocycles. The highest BCUT2D eigenvalue weighted by Gasteiger charge is 2.32. The lowest BCUT2D eigenvalue weighted by atomic mass is 9.73. The second-order valence-corrected chi connectivity index (χ2v) is 6.96. The number of pyridine rings is 1. The number of carbonyl (C=O) groups excluding carboxylic acids is 1. The number of H-pyrrole nitrogens is 1. The molecule has 5 heteroatoms. The maximum atomic E-state index is 12.5. The Morgan fingerprint density at radius 1 is 1.32 bits per heavy atom. The summed E-state index contributed by atoms with van der Waals surface area (Å²) in [5, 5.41) is 4.02. The van der Waals surface area contributed by atoms with Crippen LogP contribution in [0.3, 0.4) is 0 Å². The van der Waals surface area contributed by atoms with Crippen LogP contribution in [-0.4, -0.2) is 21.4 Å². The number of nitrogens with one attached hydrogen (secondary N) is 2. The molecule has 3 rings (SSSR count). The van der Waals surface area contributed by atoms with E-state index in [2.05, 4.69) is 29.1 Å². The average Bonchev–Trinajstić information content (AvgIpc) is 2.96. The van der Waals surface area contributed by atoms with Gasteiger partial charge in [-0.1, -0.05) is 0 Å². The largest absolute Gasteiger partial charge is 0.346 e. The highest BCUT2D eigenvalue weighted by atomic mass is 16.1. The van der Waals surface area contributed by atoms with Crippen molar-refractivity contribution in [1.82, 2.24) is 9.97 Å². The van der Waals surface area contributed by atoms with Gasteiger partial charge in [0.05, 0.1) is 5.69 Å². The van der Waals surface area contributed by atoms with Crippen LogP contribution in [0.2, 0.25) is 0 Å². The number of nitrogens with two attached hydrogens (primary N) is 1. The van der Waals surface area contributed by atoms with E-state index in [9.17, 15) is 4.79 Å². The topological polar surface area (TPSA) is 83.8 Å². The lowest BCUT2D eigenvalue weighted by Gasteiger charge is -2.36. The number of hydrogen-bond acceptors (Lipinski definition) is 3. The van der Waals surface area contributed by atoms with E-state index in [0.29, 0.717) is 5.92 Å². The van der Waals surface area contributed by atoms with Crippen molar-refractivity contribution >= 4 is 22.6 Å². The Bertz CT molecular complexity index is 663. The fourth-order valence-corrected chi connectivity index (χ4v) is 3.40. The van der Waals surface area contributed by atoms with Crippen molar-refractivity contribution in [2.45, 2.75) is 45.1 Å². The van der Waals surface area contributed by atoms with E-state index in [1.54, 1.807) is 6.20 Å². The number of anilines is 1. The Labute approximate surface area is 130 Å². The Balaban J connectivity index is 1.65. The Morgan fingerprint density at radius 3 is 2.73 bits per heavy atom. The first-order chi connectivity index (χ1) is 10.4. The van der Waals surface area contributed by atoms with E-state index in [1.165, 1.54) is 0 Å². The number of aromatic nitrogens is 2. The standard InChI is InChI=1S/C17H24N4O/c1-17(2,18)12-5-3-11(4-6-12)16(22)21-14-8-10-20-15-13(14)7-9-19-15/h7-12H,3-6,18H2,1-2H3,(H2,19,20,21,22). The molecule has 0 spiro atoms. The number of aromatic amines is 1. The third kappa shape index (κ3) is 2.99. The van der Waals surface area contributed by atoms with Gasteiger partial charge in [-0.05, 0) is 57.6 Å². The minimum atomic E-state index is -0.149. The van der Waals surface area contributed by atoms with Gasteiger partial charge in [-0.25, -0.2) is 4.98 Å². The predicted octanol–water partition coefficient (Wildman–Crippen LogP) is 3.05. The molecule has 2 aromatic rings. The van der Waals surface area contributed by atoms with Crippen LogP contribution in [0.25, 0.3) is 11.0 Å². The summed E-state index contributed by atoms with van der Waals surface area (Å²) in [4.78, 5) is 19.8. The number of rotatable bonds is 3. The molecule has 0 bridgehead atoms. The molecular formula is C17H24N4O. The number of nitrogens with zero attached hydrogens (tertiary/aromatic N) is 1. The number of hydrogen-bond donors (Lipinski definition) is 3. The van der Waals surface area contributed by atoms with Gasteiger partial charge in [0, 0.05) is 29.2 Å². The van der Waals surface area contributed by atoms with Crippen molar-refractivity contribution in [3.63, 3.8) is 0 Å². The zero-order valence-corrected chi connectivity index (χ0v) is 13.2. The van der Waals surface area contributed by atoms with Crippen LogP contribution in [-0.2, 0) is 4.79 Å². The highest BCUT2D eigenvalue weighted by Crippen LogP contribution is 2.35. The summed E-state index contributed by atoms with van der Waals surface area (Å²) in [5.74, 6) is 0.705. The molecule has 0 radical (unpaired) electrons. The summed E-state index contributed by atoms with van der Waals surface area (Å²) in [6.07, 6.45) is 7.43. The third-order valence-corrected chi connectivity index (χ3v) is 4.87. The second-order valence-electron chi connectivity index (χ2n) is 6.96. The van der Waals surface area contributed by atoms with E-state index in [0.717, 1.165) is 42.4 Å². The van der Waals surface area contributed by atoms with E-state index >= 15 is 0 Å². The minimum Gasteiger partial charge on any atom is -0.346 e. The number of fused-ring (bicyclic) bond motifs is 1. The average molecular weight is 300 g/mol. The quantitative estimate of drug-likeness (QED) is 0.814. The molecule has 1 aliphatic rings. The molecular weight excluding hydrogens is 276 g/mol. The van der Waals surface area contributed by atoms with Gasteiger partial charge in [-0.15, -0.1) is 0 Å². The number of carbonyl (C=O) groups is 1. The number of amides is 1. The first kappa shape index (κ1) is 15.0. The summed E-state index contributed by atoms with van der Waals surface area (Å²) in [7, 11) is 0. The van der Waals surface area contributed by atoms with Crippen molar-refractivity contribution in [1.29, 1.82) is 0 Å². The lowest BCUT2D eigenvalue weighted by Crippen LogP contribution is -2.43. The van der Waals surface area contributed by atoms with E-state index in [4.69, 9.17) is 5.73 Å². The summed E-state index contributed by atoms with van der Waals surface area (Å²) in [6.45, 7) is 4.16. The lowest BCUT2D eigenvalue weighted by molar-refractivity contribution is -0.121. The molecule has 0 aliphatic heterocycles. The molecule has 1 saturated carbocycles. The van der Waals surface area contributed by atoms with Crippen molar-refractivity contribution in [2.75, 3.05) is 5.32 Å².